The first kappa shape index (κ1) is 15.7. The molecule has 0 aliphatic carbocycles. The van der Waals surface area contributed by atoms with E-state index in [-0.39, 0.29) is 36.5 Å². The fraction of sp³-hybridized carbons (Fsp3) is 0.611. The summed E-state index contributed by atoms with van der Waals surface area (Å²) in [6.45, 7) is 4.83. The van der Waals surface area contributed by atoms with Crippen LogP contribution in [0, 0.1) is 5.92 Å². The Morgan fingerprint density at radius 2 is 2.21 bits per heavy atom. The van der Waals surface area contributed by atoms with Gasteiger partial charge in [-0.15, -0.1) is 0 Å². The first-order valence-electron chi connectivity index (χ1n) is 8.49. The Kier molecular flexibility index (Phi) is 3.51. The van der Waals surface area contributed by atoms with E-state index in [1.54, 1.807) is 6.07 Å². The number of phenols is 1. The van der Waals surface area contributed by atoms with Crippen molar-refractivity contribution in [1.82, 2.24) is 4.90 Å². The maximum atomic E-state index is 11.1. The van der Waals surface area contributed by atoms with Gasteiger partial charge in [0, 0.05) is 24.1 Å². The molecule has 0 aromatic heterocycles. The highest BCUT2D eigenvalue weighted by atomic mass is 16.5. The van der Waals surface area contributed by atoms with E-state index in [1.165, 1.54) is 0 Å². The van der Waals surface area contributed by atoms with E-state index in [1.807, 2.05) is 30.9 Å². The fourth-order valence-corrected chi connectivity index (χ4v) is 4.54. The minimum absolute atomic E-state index is 0.0368. The van der Waals surface area contributed by atoms with Crippen LogP contribution < -0.4 is 4.74 Å². The van der Waals surface area contributed by atoms with Crippen LogP contribution in [0.15, 0.2) is 18.2 Å². The van der Waals surface area contributed by atoms with Crippen molar-refractivity contribution in [3.63, 3.8) is 0 Å². The molecule has 3 aliphatic heterocycles. The highest BCUT2D eigenvalue weighted by molar-refractivity contribution is 5.69. The van der Waals surface area contributed by atoms with Crippen LogP contribution in [0.4, 0.5) is 0 Å². The summed E-state index contributed by atoms with van der Waals surface area (Å²) in [5.41, 5.74) is 0.410. The Morgan fingerprint density at radius 1 is 1.42 bits per heavy atom. The van der Waals surface area contributed by atoms with Gasteiger partial charge in [0.15, 0.2) is 11.5 Å². The average molecular weight is 333 g/mol. The number of benzene rings is 1. The topological polar surface area (TPSA) is 79.2 Å². The molecule has 4 rings (SSSR count). The quantitative estimate of drug-likeness (QED) is 0.863. The zero-order chi connectivity index (χ0) is 17.1. The van der Waals surface area contributed by atoms with Crippen molar-refractivity contribution < 1.29 is 24.5 Å². The van der Waals surface area contributed by atoms with Crippen LogP contribution >= 0.6 is 0 Å². The molecule has 2 N–H and O–H groups in total. The molecule has 1 aromatic rings. The number of fused-ring (bicyclic) bond motifs is 4. The molecule has 4 atom stereocenters. The number of carboxylic acid groups (broad SMARTS) is 1. The zero-order valence-electron chi connectivity index (χ0n) is 13.9. The molecular weight excluding hydrogens is 310 g/mol. The monoisotopic (exact) mass is 333 g/mol. The van der Waals surface area contributed by atoms with Crippen molar-refractivity contribution in [3.05, 3.63) is 23.8 Å². The van der Waals surface area contributed by atoms with Crippen molar-refractivity contribution in [2.75, 3.05) is 13.1 Å². The largest absolute Gasteiger partial charge is 0.504 e. The summed E-state index contributed by atoms with van der Waals surface area (Å²) in [6, 6.07) is 5.51. The highest BCUT2D eigenvalue weighted by Crippen LogP contribution is 2.54. The van der Waals surface area contributed by atoms with Gasteiger partial charge in [0.25, 0.3) is 0 Å². The van der Waals surface area contributed by atoms with Crippen LogP contribution in [0.25, 0.3) is 0 Å². The number of carbonyl (C=O) groups is 1. The summed E-state index contributed by atoms with van der Waals surface area (Å²) in [7, 11) is 0. The first-order chi connectivity index (χ1) is 11.4. The lowest BCUT2D eigenvalue weighted by atomic mass is 9.74. The molecule has 3 aliphatic rings. The lowest BCUT2D eigenvalue weighted by molar-refractivity contribution is -0.164. The fourth-order valence-electron chi connectivity index (χ4n) is 4.54. The molecule has 0 amide bonds. The van der Waals surface area contributed by atoms with Crippen molar-refractivity contribution in [2.45, 2.75) is 50.5 Å². The van der Waals surface area contributed by atoms with Gasteiger partial charge < -0.3 is 19.7 Å². The summed E-state index contributed by atoms with van der Waals surface area (Å²) in [5, 5.41) is 19.3. The molecule has 0 unspecified atom stereocenters. The van der Waals surface area contributed by atoms with Crippen LogP contribution in [0.3, 0.4) is 0 Å². The molecule has 6 heteroatoms. The normalized spacial score (nSPS) is 33.9. The SMILES string of the molecule is CC1(C)Oc2c(O)cccc2[C@H]2O[C@H]3CCN(CC(=O)O)[C@@H]3C[C@@H]21. The third kappa shape index (κ3) is 2.36. The molecule has 2 fully saturated rings. The number of para-hydroxylation sites is 1. The van der Waals surface area contributed by atoms with Gasteiger partial charge in [0.05, 0.1) is 18.8 Å². The van der Waals surface area contributed by atoms with Crippen LogP contribution in [-0.4, -0.2) is 51.9 Å². The number of likely N-dealkylation sites (tertiary alicyclic amines) is 1. The van der Waals surface area contributed by atoms with Gasteiger partial charge in [-0.1, -0.05) is 12.1 Å². The number of hydrogen-bond acceptors (Lipinski definition) is 5. The number of carboxylic acids is 1. The third-order valence-corrected chi connectivity index (χ3v) is 5.71. The number of nitrogens with zero attached hydrogens (tertiary/aromatic N) is 1. The Bertz CT molecular complexity index is 673. The van der Waals surface area contributed by atoms with E-state index >= 15 is 0 Å². The lowest BCUT2D eigenvalue weighted by Gasteiger charge is -2.50. The van der Waals surface area contributed by atoms with E-state index in [2.05, 4.69) is 0 Å². The number of aromatic hydroxyl groups is 1. The third-order valence-electron chi connectivity index (χ3n) is 5.71. The van der Waals surface area contributed by atoms with Gasteiger partial charge in [-0.2, -0.15) is 0 Å². The minimum atomic E-state index is -0.799. The second-order valence-corrected chi connectivity index (χ2v) is 7.56. The van der Waals surface area contributed by atoms with E-state index in [4.69, 9.17) is 14.6 Å². The smallest absolute Gasteiger partial charge is 0.317 e. The first-order valence-corrected chi connectivity index (χ1v) is 8.49. The maximum absolute atomic E-state index is 11.1. The van der Waals surface area contributed by atoms with Gasteiger partial charge in [-0.3, -0.25) is 9.69 Å². The molecular formula is C18H23NO5. The number of phenolic OH excluding ortho intramolecular Hbond substituents is 1. The molecule has 130 valence electrons. The highest BCUT2D eigenvalue weighted by Gasteiger charge is 2.53. The number of rotatable bonds is 2. The van der Waals surface area contributed by atoms with Crippen LogP contribution in [0.1, 0.15) is 38.4 Å². The van der Waals surface area contributed by atoms with Gasteiger partial charge >= 0.3 is 5.97 Å². The van der Waals surface area contributed by atoms with Gasteiger partial charge in [0.1, 0.15) is 5.60 Å². The van der Waals surface area contributed by atoms with Gasteiger partial charge in [-0.05, 0) is 32.8 Å². The van der Waals surface area contributed by atoms with Crippen LogP contribution in [0.2, 0.25) is 0 Å². The van der Waals surface area contributed by atoms with Crippen molar-refractivity contribution >= 4 is 5.97 Å². The average Bonchev–Trinajstić information content (AvgIpc) is 2.89. The Hall–Kier alpha value is -1.79. The molecule has 0 spiro atoms. The number of hydrogen-bond donors (Lipinski definition) is 2. The Morgan fingerprint density at radius 3 is 2.96 bits per heavy atom. The van der Waals surface area contributed by atoms with E-state index < -0.39 is 11.6 Å². The van der Waals surface area contributed by atoms with E-state index in [0.717, 1.165) is 24.9 Å². The maximum Gasteiger partial charge on any atom is 0.317 e. The zero-order valence-corrected chi connectivity index (χ0v) is 13.9. The van der Waals surface area contributed by atoms with E-state index in [9.17, 15) is 9.90 Å². The second kappa shape index (κ2) is 5.36. The summed E-state index contributed by atoms with van der Waals surface area (Å²) in [6.07, 6.45) is 1.60. The molecule has 0 radical (unpaired) electrons. The second-order valence-electron chi connectivity index (χ2n) is 7.56. The van der Waals surface area contributed by atoms with Crippen LogP contribution in [0.5, 0.6) is 11.5 Å². The van der Waals surface area contributed by atoms with Crippen LogP contribution in [-0.2, 0) is 9.53 Å². The molecule has 3 heterocycles. The molecule has 1 aromatic carbocycles. The van der Waals surface area contributed by atoms with Gasteiger partial charge in [0.2, 0.25) is 0 Å². The van der Waals surface area contributed by atoms with Gasteiger partial charge in [-0.25, -0.2) is 0 Å². The summed E-state index contributed by atoms with van der Waals surface area (Å²) in [4.78, 5) is 13.1. The predicted octanol–water partition coefficient (Wildman–Crippen LogP) is 2.17. The number of ether oxygens (including phenoxy) is 2. The van der Waals surface area contributed by atoms with Crippen molar-refractivity contribution in [3.8, 4) is 11.5 Å². The Balaban J connectivity index is 1.67. The molecule has 0 bridgehead atoms. The Labute approximate surface area is 141 Å². The van der Waals surface area contributed by atoms with E-state index in [0.29, 0.717) is 5.75 Å². The van der Waals surface area contributed by atoms with Crippen molar-refractivity contribution in [1.29, 1.82) is 0 Å². The molecule has 6 nitrogen and oxygen atoms in total. The molecule has 0 saturated carbocycles. The summed E-state index contributed by atoms with van der Waals surface area (Å²) in [5.74, 6) is -0.0269. The predicted molar refractivity (Wildman–Crippen MR) is 86.1 cm³/mol. The summed E-state index contributed by atoms with van der Waals surface area (Å²) < 4.78 is 12.5. The molecule has 24 heavy (non-hydrogen) atoms. The standard InChI is InChI=1S/C18H23NO5/c1-18(2)11-8-12-14(6-7-19(12)9-15(21)22)23-16(11)10-4-3-5-13(20)17(10)24-18/h3-5,11-12,14,16,20H,6-9H2,1-2H3,(H,21,22)/t11-,12+,14-,16+/m0/s1. The number of aliphatic carboxylic acids is 1. The molecule has 2 saturated heterocycles. The summed E-state index contributed by atoms with van der Waals surface area (Å²) >= 11 is 0. The van der Waals surface area contributed by atoms with Crippen molar-refractivity contribution in [2.24, 2.45) is 5.92 Å². The minimum Gasteiger partial charge on any atom is -0.504 e. The lowest BCUT2D eigenvalue weighted by Crippen LogP contribution is -2.54.